The van der Waals surface area contributed by atoms with Crippen LogP contribution < -0.4 is 27.0 Å². The third-order valence-corrected chi connectivity index (χ3v) is 10.3. The molecule has 0 saturated carbocycles. The number of aromatic nitrogens is 3. The van der Waals surface area contributed by atoms with Gasteiger partial charge in [0.2, 0.25) is 17.7 Å². The Morgan fingerprint density at radius 3 is 2.28 bits per heavy atom. The van der Waals surface area contributed by atoms with Gasteiger partial charge in [0.25, 0.3) is 29.5 Å². The first-order valence-electron chi connectivity index (χ1n) is 21.9. The van der Waals surface area contributed by atoms with Crippen LogP contribution in [0.3, 0.4) is 0 Å². The fourth-order valence-corrected chi connectivity index (χ4v) is 6.81. The van der Waals surface area contributed by atoms with Gasteiger partial charge in [-0.2, -0.15) is 18.3 Å². The Hall–Kier alpha value is -8.31. The molecule has 378 valence electrons. The third kappa shape index (κ3) is 14.4. The molecule has 0 aliphatic carbocycles. The van der Waals surface area contributed by atoms with Gasteiger partial charge in [0.05, 0.1) is 74.9 Å². The standard InChI is InChI=1S/C47H47F3N10O12/c1-3-29(24-37(52-2)54-27-47(48,49)50)44-56-35(26-72-44)42(64)55-34-25-59(58-39(34)40(51)62)31-9-7-30(8-10-31)41(63)53-14-16-69-18-20-71-22-21-70-19-17-68-15-4-5-28-6-11-32-33(23-28)46(67)60(45(32)66)36-12-13-38(61)57-43(36)65/h3,6-11,23-26,36,54H,2,12-22,27H2,1H3,(H2,51,62)(H,53,63)(H,55,64)(H,57,61,65)/b29-3+,37-24+. The number of oxazole rings is 1. The summed E-state index contributed by atoms with van der Waals surface area (Å²) in [5, 5.41) is 13.7. The molecule has 2 aliphatic heterocycles. The van der Waals surface area contributed by atoms with Gasteiger partial charge in [-0.25, -0.2) is 14.7 Å². The maximum Gasteiger partial charge on any atom is 0.405 e. The number of nitrogens with two attached hydrogens (primary N) is 1. The molecule has 4 heterocycles. The van der Waals surface area contributed by atoms with Crippen molar-refractivity contribution in [3.8, 4) is 17.5 Å². The molecule has 1 unspecified atom stereocenters. The Balaban J connectivity index is 0.826. The number of allylic oxidation sites excluding steroid dienone is 3. The van der Waals surface area contributed by atoms with E-state index in [1.807, 2.05) is 0 Å². The van der Waals surface area contributed by atoms with Gasteiger partial charge >= 0.3 is 6.18 Å². The van der Waals surface area contributed by atoms with Crippen LogP contribution >= 0.6 is 0 Å². The van der Waals surface area contributed by atoms with E-state index in [-0.39, 0.29) is 97.2 Å². The number of fused-ring (bicyclic) bond motifs is 1. The summed E-state index contributed by atoms with van der Waals surface area (Å²) in [5.74, 6) is 0.916. The van der Waals surface area contributed by atoms with Crippen LogP contribution in [0.5, 0.6) is 0 Å². The minimum Gasteiger partial charge on any atom is -0.444 e. The molecule has 0 spiro atoms. The molecule has 2 aliphatic rings. The van der Waals surface area contributed by atoms with E-state index in [0.717, 1.165) is 11.2 Å². The normalized spacial score (nSPS) is 14.9. The highest BCUT2D eigenvalue weighted by Gasteiger charge is 2.44. The number of nitrogens with one attached hydrogen (secondary N) is 4. The van der Waals surface area contributed by atoms with Crippen molar-refractivity contribution in [1.29, 1.82) is 0 Å². The number of alkyl halides is 3. The van der Waals surface area contributed by atoms with Crippen molar-refractivity contribution in [1.82, 2.24) is 35.6 Å². The van der Waals surface area contributed by atoms with Gasteiger partial charge < -0.3 is 45.0 Å². The fraction of sp³-hybridized carbons (Fsp3) is 0.319. The van der Waals surface area contributed by atoms with Crippen molar-refractivity contribution in [2.24, 2.45) is 10.7 Å². The zero-order valence-corrected chi connectivity index (χ0v) is 38.5. The molecule has 22 nitrogen and oxygen atoms in total. The van der Waals surface area contributed by atoms with Crippen LogP contribution in [-0.4, -0.2) is 146 Å². The predicted molar refractivity (Wildman–Crippen MR) is 247 cm³/mol. The summed E-state index contributed by atoms with van der Waals surface area (Å²) in [5.41, 5.74) is 6.65. The highest BCUT2D eigenvalue weighted by Crippen LogP contribution is 2.28. The second kappa shape index (κ2) is 25.0. The van der Waals surface area contributed by atoms with Crippen molar-refractivity contribution >= 4 is 59.3 Å². The van der Waals surface area contributed by atoms with E-state index in [4.69, 9.17) is 29.1 Å². The number of anilines is 1. The minimum atomic E-state index is -4.51. The fourth-order valence-electron chi connectivity index (χ4n) is 6.81. The van der Waals surface area contributed by atoms with Crippen LogP contribution in [0.2, 0.25) is 0 Å². The zero-order valence-electron chi connectivity index (χ0n) is 38.5. The second-order valence-corrected chi connectivity index (χ2v) is 15.3. The average molecular weight is 1000 g/mol. The highest BCUT2D eigenvalue weighted by molar-refractivity contribution is 6.23. The first-order valence-corrected chi connectivity index (χ1v) is 21.9. The number of carbonyl (C=O) groups is 7. The van der Waals surface area contributed by atoms with Gasteiger partial charge in [-0.15, -0.1) is 0 Å². The van der Waals surface area contributed by atoms with Crippen molar-refractivity contribution in [2.45, 2.75) is 32.0 Å². The number of halogens is 3. The van der Waals surface area contributed by atoms with E-state index in [1.165, 1.54) is 47.3 Å². The van der Waals surface area contributed by atoms with E-state index in [2.05, 4.69) is 54.9 Å². The molecule has 1 fully saturated rings. The van der Waals surface area contributed by atoms with Gasteiger partial charge in [-0.1, -0.05) is 17.9 Å². The Kier molecular flexibility index (Phi) is 18.4. The number of nitrogens with zero attached hydrogens (tertiary/aromatic N) is 5. The van der Waals surface area contributed by atoms with Crippen LogP contribution in [0.15, 0.2) is 82.3 Å². The number of carbonyl (C=O) groups excluding carboxylic acids is 7. The number of rotatable bonds is 24. The molecule has 6 N–H and O–H groups in total. The lowest BCUT2D eigenvalue weighted by atomic mass is 10.0. The quantitative estimate of drug-likeness (QED) is 0.0222. The first kappa shape index (κ1) is 53.0. The van der Waals surface area contributed by atoms with Crippen LogP contribution in [-0.2, 0) is 28.5 Å². The molecule has 2 aromatic carbocycles. The van der Waals surface area contributed by atoms with Gasteiger partial charge in [0, 0.05) is 29.7 Å². The van der Waals surface area contributed by atoms with Crippen molar-refractivity contribution < 1.29 is 70.1 Å². The molecule has 72 heavy (non-hydrogen) atoms. The summed E-state index contributed by atoms with van der Waals surface area (Å²) >= 11 is 0. The lowest BCUT2D eigenvalue weighted by Crippen LogP contribution is -2.54. The molecule has 7 amide bonds. The molecular formula is C47H47F3N10O12. The molecule has 4 aromatic rings. The summed E-state index contributed by atoms with van der Waals surface area (Å²) < 4.78 is 66.6. The van der Waals surface area contributed by atoms with Gasteiger partial charge in [-0.05, 0) is 68.6 Å². The summed E-state index contributed by atoms with van der Waals surface area (Å²) in [6, 6.07) is 9.70. The van der Waals surface area contributed by atoms with E-state index in [9.17, 15) is 46.7 Å². The predicted octanol–water partition coefficient (Wildman–Crippen LogP) is 2.56. The molecule has 2 aromatic heterocycles. The van der Waals surface area contributed by atoms with Crippen molar-refractivity contribution in [3.63, 3.8) is 0 Å². The smallest absolute Gasteiger partial charge is 0.405 e. The van der Waals surface area contributed by atoms with Crippen molar-refractivity contribution in [3.05, 3.63) is 112 Å². The van der Waals surface area contributed by atoms with E-state index in [0.29, 0.717) is 43.2 Å². The second-order valence-electron chi connectivity index (χ2n) is 15.3. The van der Waals surface area contributed by atoms with E-state index < -0.39 is 54.2 Å². The number of amides is 7. The summed E-state index contributed by atoms with van der Waals surface area (Å²) in [7, 11) is 0. The molecule has 1 saturated heterocycles. The van der Waals surface area contributed by atoms with Crippen LogP contribution in [0, 0.1) is 11.8 Å². The Morgan fingerprint density at radius 2 is 1.62 bits per heavy atom. The maximum atomic E-state index is 13.1. The number of ether oxygens (including phenoxy) is 4. The number of primary amides is 1. The minimum absolute atomic E-state index is 0.0326. The van der Waals surface area contributed by atoms with Crippen LogP contribution in [0.1, 0.15) is 83.3 Å². The highest BCUT2D eigenvalue weighted by atomic mass is 19.4. The number of imide groups is 2. The number of hydrogen-bond acceptors (Lipinski definition) is 16. The number of benzene rings is 2. The van der Waals surface area contributed by atoms with Crippen LogP contribution in [0.4, 0.5) is 18.9 Å². The lowest BCUT2D eigenvalue weighted by molar-refractivity contribution is -0.136. The first-order chi connectivity index (χ1) is 34.6. The summed E-state index contributed by atoms with van der Waals surface area (Å²) in [6.07, 6.45) is 0.606. The van der Waals surface area contributed by atoms with Crippen molar-refractivity contribution in [2.75, 3.05) is 71.3 Å². The number of hydrogen-bond donors (Lipinski definition) is 5. The van der Waals surface area contributed by atoms with Crippen LogP contribution in [0.25, 0.3) is 11.3 Å². The maximum absolute atomic E-state index is 13.1. The Morgan fingerprint density at radius 1 is 0.944 bits per heavy atom. The molecule has 25 heteroatoms. The molecule has 6 rings (SSSR count). The molecular weight excluding hydrogens is 954 g/mol. The topological polar surface area (TPSA) is 290 Å². The zero-order chi connectivity index (χ0) is 51.8. The monoisotopic (exact) mass is 1000 g/mol. The Bertz CT molecular complexity index is 2830. The average Bonchev–Trinajstić information content (AvgIpc) is 4.08. The molecule has 0 bridgehead atoms. The summed E-state index contributed by atoms with van der Waals surface area (Å²) in [4.78, 5) is 96.2. The van der Waals surface area contributed by atoms with Gasteiger partial charge in [0.1, 0.15) is 31.3 Å². The Labute approximate surface area is 408 Å². The SMILES string of the molecule is C=N/C(=C\C(=C/C)c1nc(C(=O)Nc2cn(-c3ccc(C(=O)NCCOCCOCCOCCOCC#Cc4ccc5c(c4)C(=O)N(C4CCC(=O)NC4=O)C5=O)cc3)nc2C(N)=O)co1)NCC(F)(F)F. The largest absolute Gasteiger partial charge is 0.444 e. The number of aliphatic imine (C=N–C) groups is 1. The van der Waals surface area contributed by atoms with Gasteiger partial charge in [0.15, 0.2) is 11.4 Å². The van der Waals surface area contributed by atoms with Gasteiger partial charge in [-0.3, -0.25) is 43.8 Å². The third-order valence-electron chi connectivity index (χ3n) is 10.3. The number of piperidine rings is 1. The molecule has 1 atom stereocenters. The molecule has 0 radical (unpaired) electrons. The van der Waals surface area contributed by atoms with E-state index in [1.54, 1.807) is 25.1 Å². The lowest BCUT2D eigenvalue weighted by Gasteiger charge is -2.27. The summed E-state index contributed by atoms with van der Waals surface area (Å²) in [6.45, 7) is 5.73. The van der Waals surface area contributed by atoms with E-state index >= 15 is 0 Å².